The second-order valence-corrected chi connectivity index (χ2v) is 5.88. The van der Waals surface area contributed by atoms with Crippen LogP contribution >= 0.6 is 0 Å². The third-order valence-electron chi connectivity index (χ3n) is 4.73. The average Bonchev–Trinajstić information content (AvgIpc) is 2.92. The maximum Gasteiger partial charge on any atom is 0.326 e. The van der Waals surface area contributed by atoms with E-state index < -0.39 is 5.54 Å². The van der Waals surface area contributed by atoms with Gasteiger partial charge in [0.1, 0.15) is 5.54 Å². The zero-order chi connectivity index (χ0) is 13.7. The first-order valence-electron chi connectivity index (χ1n) is 7.88. The molecule has 4 nitrogen and oxygen atoms in total. The molecule has 0 bridgehead atoms. The number of hydrogen-bond donors (Lipinski definition) is 2. The highest BCUT2D eigenvalue weighted by Gasteiger charge is 2.48. The van der Waals surface area contributed by atoms with Crippen molar-refractivity contribution < 1.29 is 9.53 Å². The fraction of sp³-hybridized carbons (Fsp3) is 0.933. The second-order valence-electron chi connectivity index (χ2n) is 5.88. The molecule has 1 aliphatic carbocycles. The number of rotatable bonds is 5. The molecule has 2 unspecified atom stereocenters. The minimum absolute atomic E-state index is 0.0322. The van der Waals surface area contributed by atoms with Crippen molar-refractivity contribution in [3.8, 4) is 0 Å². The fourth-order valence-electron chi connectivity index (χ4n) is 3.64. The van der Waals surface area contributed by atoms with E-state index >= 15 is 0 Å². The highest BCUT2D eigenvalue weighted by molar-refractivity contribution is 5.81. The maximum absolute atomic E-state index is 12.6. The molecule has 0 radical (unpaired) electrons. The van der Waals surface area contributed by atoms with Crippen molar-refractivity contribution in [2.45, 2.75) is 64.0 Å². The SMILES string of the molecule is CCOC(=O)C1(NC2CCCC2)CCNCC1CC. The van der Waals surface area contributed by atoms with Gasteiger partial charge in [0, 0.05) is 18.5 Å². The predicted molar refractivity (Wildman–Crippen MR) is 76.0 cm³/mol. The number of carbonyl (C=O) groups excluding carboxylic acids is 1. The summed E-state index contributed by atoms with van der Waals surface area (Å²) in [7, 11) is 0. The fourth-order valence-corrected chi connectivity index (χ4v) is 3.64. The van der Waals surface area contributed by atoms with E-state index in [9.17, 15) is 4.79 Å². The minimum Gasteiger partial charge on any atom is -0.465 e. The number of ether oxygens (including phenoxy) is 1. The summed E-state index contributed by atoms with van der Waals surface area (Å²) in [6, 6.07) is 0.497. The van der Waals surface area contributed by atoms with Crippen LogP contribution in [0.2, 0.25) is 0 Å². The van der Waals surface area contributed by atoms with Crippen molar-refractivity contribution in [1.82, 2.24) is 10.6 Å². The van der Waals surface area contributed by atoms with E-state index in [1.54, 1.807) is 0 Å². The smallest absolute Gasteiger partial charge is 0.326 e. The lowest BCUT2D eigenvalue weighted by Crippen LogP contribution is -2.65. The van der Waals surface area contributed by atoms with Gasteiger partial charge < -0.3 is 10.1 Å². The molecule has 110 valence electrons. The second kappa shape index (κ2) is 6.71. The van der Waals surface area contributed by atoms with E-state index in [4.69, 9.17) is 4.74 Å². The van der Waals surface area contributed by atoms with Crippen molar-refractivity contribution >= 4 is 5.97 Å². The molecule has 2 rings (SSSR count). The van der Waals surface area contributed by atoms with Crippen LogP contribution in [0.1, 0.15) is 52.4 Å². The van der Waals surface area contributed by atoms with Gasteiger partial charge in [-0.25, -0.2) is 0 Å². The summed E-state index contributed by atoms with van der Waals surface area (Å²) in [5.74, 6) is 0.302. The van der Waals surface area contributed by atoms with E-state index in [2.05, 4.69) is 17.6 Å². The zero-order valence-electron chi connectivity index (χ0n) is 12.3. The molecule has 2 fully saturated rings. The van der Waals surface area contributed by atoms with Gasteiger partial charge in [-0.15, -0.1) is 0 Å². The maximum atomic E-state index is 12.6. The van der Waals surface area contributed by atoms with Crippen molar-refractivity contribution in [2.75, 3.05) is 19.7 Å². The summed E-state index contributed by atoms with van der Waals surface area (Å²) in [4.78, 5) is 12.6. The first kappa shape index (κ1) is 14.8. The largest absolute Gasteiger partial charge is 0.465 e. The van der Waals surface area contributed by atoms with Crippen LogP contribution in [0, 0.1) is 5.92 Å². The molecule has 0 aromatic carbocycles. The monoisotopic (exact) mass is 268 g/mol. The quantitative estimate of drug-likeness (QED) is 0.747. The summed E-state index contributed by atoms with van der Waals surface area (Å²) >= 11 is 0. The molecule has 0 spiro atoms. The molecule has 0 aromatic rings. The van der Waals surface area contributed by atoms with E-state index in [1.807, 2.05) is 6.92 Å². The van der Waals surface area contributed by atoms with Crippen LogP contribution in [0.15, 0.2) is 0 Å². The lowest BCUT2D eigenvalue weighted by atomic mass is 9.76. The van der Waals surface area contributed by atoms with E-state index in [-0.39, 0.29) is 5.97 Å². The van der Waals surface area contributed by atoms with Crippen LogP contribution in [0.5, 0.6) is 0 Å². The van der Waals surface area contributed by atoms with Crippen LogP contribution in [-0.4, -0.2) is 37.2 Å². The average molecular weight is 268 g/mol. The molecule has 1 heterocycles. The number of nitrogens with one attached hydrogen (secondary N) is 2. The Kier molecular flexibility index (Phi) is 5.22. The first-order valence-corrected chi connectivity index (χ1v) is 7.88. The Labute approximate surface area is 116 Å². The van der Waals surface area contributed by atoms with Crippen LogP contribution in [0.4, 0.5) is 0 Å². The van der Waals surface area contributed by atoms with Gasteiger partial charge in [-0.05, 0) is 39.2 Å². The molecule has 19 heavy (non-hydrogen) atoms. The summed E-state index contributed by atoms with van der Waals surface area (Å²) in [6.45, 7) is 6.34. The van der Waals surface area contributed by atoms with Crippen LogP contribution in [-0.2, 0) is 9.53 Å². The Hall–Kier alpha value is -0.610. The molecular weight excluding hydrogens is 240 g/mol. The van der Waals surface area contributed by atoms with E-state index in [0.29, 0.717) is 18.6 Å². The Morgan fingerprint density at radius 2 is 2.11 bits per heavy atom. The highest BCUT2D eigenvalue weighted by atomic mass is 16.5. The third kappa shape index (κ3) is 3.11. The molecule has 2 atom stereocenters. The van der Waals surface area contributed by atoms with Gasteiger partial charge >= 0.3 is 5.97 Å². The van der Waals surface area contributed by atoms with Crippen molar-refractivity contribution in [1.29, 1.82) is 0 Å². The molecule has 1 saturated heterocycles. The van der Waals surface area contributed by atoms with Gasteiger partial charge in [0.05, 0.1) is 6.61 Å². The summed E-state index contributed by atoms with van der Waals surface area (Å²) in [5, 5.41) is 7.12. The molecule has 2 aliphatic rings. The van der Waals surface area contributed by atoms with Crippen LogP contribution < -0.4 is 10.6 Å². The summed E-state index contributed by atoms with van der Waals surface area (Å²) < 4.78 is 5.40. The molecule has 1 saturated carbocycles. The van der Waals surface area contributed by atoms with Gasteiger partial charge in [-0.3, -0.25) is 10.1 Å². The molecule has 0 aromatic heterocycles. The van der Waals surface area contributed by atoms with Crippen LogP contribution in [0.3, 0.4) is 0 Å². The Morgan fingerprint density at radius 1 is 1.37 bits per heavy atom. The summed E-state index contributed by atoms with van der Waals surface area (Å²) in [6.07, 6.45) is 6.82. The number of esters is 1. The standard InChI is InChI=1S/C15H28N2O2/c1-3-12-11-16-10-9-15(12,14(18)19-4-2)17-13-7-5-6-8-13/h12-13,16-17H,3-11H2,1-2H3. The summed E-state index contributed by atoms with van der Waals surface area (Å²) in [5.41, 5.74) is -0.453. The molecule has 2 N–H and O–H groups in total. The normalized spacial score (nSPS) is 32.4. The van der Waals surface area contributed by atoms with Gasteiger partial charge in [-0.1, -0.05) is 19.8 Å². The number of hydrogen-bond acceptors (Lipinski definition) is 4. The van der Waals surface area contributed by atoms with Crippen molar-refractivity contribution in [2.24, 2.45) is 5.92 Å². The lowest BCUT2D eigenvalue weighted by Gasteiger charge is -2.44. The third-order valence-corrected chi connectivity index (χ3v) is 4.73. The minimum atomic E-state index is -0.453. The molecule has 1 aliphatic heterocycles. The van der Waals surface area contributed by atoms with E-state index in [0.717, 1.165) is 25.9 Å². The molecular formula is C15H28N2O2. The Balaban J connectivity index is 2.16. The zero-order valence-corrected chi connectivity index (χ0v) is 12.3. The molecule has 0 amide bonds. The first-order chi connectivity index (χ1) is 9.23. The van der Waals surface area contributed by atoms with E-state index in [1.165, 1.54) is 25.7 Å². The predicted octanol–water partition coefficient (Wildman–Crippen LogP) is 1.84. The van der Waals surface area contributed by atoms with Gasteiger partial charge in [-0.2, -0.15) is 0 Å². The topological polar surface area (TPSA) is 50.4 Å². The van der Waals surface area contributed by atoms with Gasteiger partial charge in [0.15, 0.2) is 0 Å². The highest BCUT2D eigenvalue weighted by Crippen LogP contribution is 2.32. The molecule has 4 heteroatoms. The van der Waals surface area contributed by atoms with Crippen molar-refractivity contribution in [3.05, 3.63) is 0 Å². The Bertz CT molecular complexity index is 303. The number of piperidine rings is 1. The number of carbonyl (C=O) groups is 1. The van der Waals surface area contributed by atoms with Crippen molar-refractivity contribution in [3.63, 3.8) is 0 Å². The van der Waals surface area contributed by atoms with Crippen LogP contribution in [0.25, 0.3) is 0 Å². The van der Waals surface area contributed by atoms with Gasteiger partial charge in [0.2, 0.25) is 0 Å². The Morgan fingerprint density at radius 3 is 2.74 bits per heavy atom. The van der Waals surface area contributed by atoms with Gasteiger partial charge in [0.25, 0.3) is 0 Å². The lowest BCUT2D eigenvalue weighted by molar-refractivity contribution is -0.156.